The highest BCUT2D eigenvalue weighted by Crippen LogP contribution is 2.59. The SMILES string of the molecule is COc1c2c(cc3c1OCO3)[C@@]13CCN(C2)[C@H]1CC[C@H](O)[C@@H]3OC(C)=O. The minimum atomic E-state index is -0.669. The number of rotatable bonds is 2. The van der Waals surface area contributed by atoms with Crippen molar-refractivity contribution in [2.45, 2.75) is 56.4 Å². The summed E-state index contributed by atoms with van der Waals surface area (Å²) in [5.41, 5.74) is 1.68. The molecule has 1 aromatic rings. The Balaban J connectivity index is 1.74. The van der Waals surface area contributed by atoms with Gasteiger partial charge in [-0.1, -0.05) is 0 Å². The number of esters is 1. The quantitative estimate of drug-likeness (QED) is 0.797. The number of carbonyl (C=O) groups is 1. The summed E-state index contributed by atoms with van der Waals surface area (Å²) in [6.07, 6.45) is 1.13. The molecule has 1 aromatic carbocycles. The van der Waals surface area contributed by atoms with E-state index in [9.17, 15) is 9.90 Å². The first-order valence-electron chi connectivity index (χ1n) is 9.15. The van der Waals surface area contributed by atoms with Gasteiger partial charge in [0.05, 0.1) is 18.6 Å². The number of aliphatic hydroxyl groups is 1. The maximum Gasteiger partial charge on any atom is 0.303 e. The second-order valence-corrected chi connectivity index (χ2v) is 7.62. The molecule has 1 saturated carbocycles. The van der Waals surface area contributed by atoms with Gasteiger partial charge >= 0.3 is 5.97 Å². The molecule has 140 valence electrons. The van der Waals surface area contributed by atoms with Crippen LogP contribution >= 0.6 is 0 Å². The smallest absolute Gasteiger partial charge is 0.303 e. The molecule has 7 heteroatoms. The second kappa shape index (κ2) is 5.50. The summed E-state index contributed by atoms with van der Waals surface area (Å²) >= 11 is 0. The van der Waals surface area contributed by atoms with E-state index >= 15 is 0 Å². The third-order valence-corrected chi connectivity index (χ3v) is 6.52. The van der Waals surface area contributed by atoms with Gasteiger partial charge < -0.3 is 24.1 Å². The number of hydrogen-bond donors (Lipinski definition) is 1. The van der Waals surface area contributed by atoms with E-state index in [1.807, 2.05) is 6.07 Å². The Morgan fingerprint density at radius 1 is 1.38 bits per heavy atom. The van der Waals surface area contributed by atoms with Crippen LogP contribution in [0.2, 0.25) is 0 Å². The van der Waals surface area contributed by atoms with Gasteiger partial charge in [0.15, 0.2) is 11.5 Å². The molecule has 26 heavy (non-hydrogen) atoms. The predicted octanol–water partition coefficient (Wildman–Crippen LogP) is 1.34. The van der Waals surface area contributed by atoms with Crippen LogP contribution in [-0.2, 0) is 21.5 Å². The molecule has 4 aliphatic rings. The van der Waals surface area contributed by atoms with Gasteiger partial charge in [-0.05, 0) is 37.4 Å². The number of benzene rings is 1. The van der Waals surface area contributed by atoms with E-state index in [4.69, 9.17) is 18.9 Å². The average Bonchev–Trinajstić information content (AvgIpc) is 3.18. The number of ether oxygens (including phenoxy) is 4. The van der Waals surface area contributed by atoms with Crippen LogP contribution in [0, 0.1) is 0 Å². The van der Waals surface area contributed by atoms with Gasteiger partial charge in [-0.3, -0.25) is 9.69 Å². The van der Waals surface area contributed by atoms with Crippen LogP contribution in [0.5, 0.6) is 17.2 Å². The van der Waals surface area contributed by atoms with E-state index in [1.54, 1.807) is 7.11 Å². The summed E-state index contributed by atoms with van der Waals surface area (Å²) in [7, 11) is 1.64. The zero-order valence-corrected chi connectivity index (χ0v) is 15.0. The van der Waals surface area contributed by atoms with Crippen LogP contribution < -0.4 is 14.2 Å². The van der Waals surface area contributed by atoms with E-state index in [1.165, 1.54) is 6.92 Å². The molecular formula is C19H23NO6. The van der Waals surface area contributed by atoms with Crippen LogP contribution in [0.25, 0.3) is 0 Å². The van der Waals surface area contributed by atoms with E-state index in [0.717, 1.165) is 37.1 Å². The van der Waals surface area contributed by atoms with Crippen molar-refractivity contribution in [2.24, 2.45) is 0 Å². The lowest BCUT2D eigenvalue weighted by Crippen LogP contribution is -2.61. The average molecular weight is 361 g/mol. The van der Waals surface area contributed by atoms with Crippen molar-refractivity contribution >= 4 is 5.97 Å². The standard InChI is InChI=1S/C19H23NO6/c1-10(21)26-18-13(22)3-4-15-19(18)5-6-20(15)8-11-12(19)7-14-17(16(11)23-2)25-9-24-14/h7,13,15,18,22H,3-6,8-9H2,1-2H3/t13-,15-,18-,19-/m0/s1. The second-order valence-electron chi connectivity index (χ2n) is 7.62. The summed E-state index contributed by atoms with van der Waals surface area (Å²) in [5.74, 6) is 1.64. The number of carbonyl (C=O) groups excluding carboxylic acids is 1. The number of nitrogens with zero attached hydrogens (tertiary/aromatic N) is 1. The topological polar surface area (TPSA) is 77.5 Å². The van der Waals surface area contributed by atoms with E-state index < -0.39 is 17.6 Å². The van der Waals surface area contributed by atoms with Crippen molar-refractivity contribution < 1.29 is 28.8 Å². The van der Waals surface area contributed by atoms with Gasteiger partial charge in [0, 0.05) is 25.1 Å². The summed E-state index contributed by atoms with van der Waals surface area (Å²) in [5, 5.41) is 10.7. The highest BCUT2D eigenvalue weighted by Gasteiger charge is 2.62. The zero-order chi connectivity index (χ0) is 18.1. The molecule has 0 spiro atoms. The highest BCUT2D eigenvalue weighted by atomic mass is 16.7. The third-order valence-electron chi connectivity index (χ3n) is 6.52. The van der Waals surface area contributed by atoms with Crippen LogP contribution in [-0.4, -0.2) is 54.7 Å². The molecule has 5 atom stereocenters. The first kappa shape index (κ1) is 16.2. The Kier molecular flexibility index (Phi) is 3.43. The Hall–Kier alpha value is -1.99. The Morgan fingerprint density at radius 3 is 3.00 bits per heavy atom. The molecule has 2 bridgehead atoms. The van der Waals surface area contributed by atoms with Crippen molar-refractivity contribution in [3.05, 3.63) is 17.2 Å². The fourth-order valence-electron chi connectivity index (χ4n) is 5.63. The summed E-state index contributed by atoms with van der Waals surface area (Å²) in [6.45, 7) is 3.25. The molecular weight excluding hydrogens is 338 g/mol. The highest BCUT2D eigenvalue weighted by molar-refractivity contribution is 5.67. The fourth-order valence-corrected chi connectivity index (χ4v) is 5.63. The molecule has 1 unspecified atom stereocenters. The van der Waals surface area contributed by atoms with Crippen molar-refractivity contribution in [2.75, 3.05) is 20.4 Å². The maximum absolute atomic E-state index is 11.8. The minimum Gasteiger partial charge on any atom is -0.492 e. The van der Waals surface area contributed by atoms with Crippen molar-refractivity contribution in [3.63, 3.8) is 0 Å². The number of methoxy groups -OCH3 is 1. The number of fused-ring (bicyclic) bond motifs is 2. The lowest BCUT2D eigenvalue weighted by molar-refractivity contribution is -0.166. The minimum absolute atomic E-state index is 0.171. The van der Waals surface area contributed by atoms with Crippen LogP contribution in [0.3, 0.4) is 0 Å². The molecule has 5 rings (SSSR count). The first-order chi connectivity index (χ1) is 12.6. The molecule has 0 radical (unpaired) electrons. The van der Waals surface area contributed by atoms with Gasteiger partial charge in [-0.2, -0.15) is 0 Å². The third kappa shape index (κ3) is 1.93. The lowest BCUT2D eigenvalue weighted by Gasteiger charge is -2.52. The van der Waals surface area contributed by atoms with E-state index in [-0.39, 0.29) is 18.8 Å². The number of hydrogen-bond acceptors (Lipinski definition) is 7. The molecule has 1 aliphatic carbocycles. The largest absolute Gasteiger partial charge is 0.492 e. The van der Waals surface area contributed by atoms with E-state index in [0.29, 0.717) is 23.7 Å². The van der Waals surface area contributed by atoms with Gasteiger partial charge in [-0.15, -0.1) is 0 Å². The molecule has 3 heterocycles. The predicted molar refractivity (Wildman–Crippen MR) is 90.4 cm³/mol. The molecule has 1 saturated heterocycles. The molecule has 3 aliphatic heterocycles. The van der Waals surface area contributed by atoms with Gasteiger partial charge in [0.1, 0.15) is 6.10 Å². The summed E-state index contributed by atoms with van der Waals surface area (Å²) in [6, 6.07) is 2.26. The first-order valence-corrected chi connectivity index (χ1v) is 9.15. The molecule has 2 fully saturated rings. The zero-order valence-electron chi connectivity index (χ0n) is 15.0. The Labute approximate surface area is 151 Å². The van der Waals surface area contributed by atoms with Crippen LogP contribution in [0.1, 0.15) is 37.3 Å². The van der Waals surface area contributed by atoms with Gasteiger partial charge in [0.25, 0.3) is 0 Å². The summed E-state index contributed by atoms with van der Waals surface area (Å²) < 4.78 is 22.7. The van der Waals surface area contributed by atoms with Crippen molar-refractivity contribution in [1.82, 2.24) is 4.90 Å². The molecule has 0 aromatic heterocycles. The lowest BCUT2D eigenvalue weighted by atomic mass is 9.61. The van der Waals surface area contributed by atoms with E-state index in [2.05, 4.69) is 4.90 Å². The summed E-state index contributed by atoms with van der Waals surface area (Å²) in [4.78, 5) is 14.2. The van der Waals surface area contributed by atoms with Crippen LogP contribution in [0.4, 0.5) is 0 Å². The molecule has 0 amide bonds. The number of aliphatic hydroxyl groups excluding tert-OH is 1. The normalized spacial score (nSPS) is 36.3. The fraction of sp³-hybridized carbons (Fsp3) is 0.632. The Morgan fingerprint density at radius 2 is 2.23 bits per heavy atom. The van der Waals surface area contributed by atoms with Crippen LogP contribution in [0.15, 0.2) is 6.07 Å². The maximum atomic E-state index is 11.8. The molecule has 1 N–H and O–H groups in total. The Bertz CT molecular complexity index is 780. The monoisotopic (exact) mass is 361 g/mol. The van der Waals surface area contributed by atoms with Gasteiger partial charge in [0.2, 0.25) is 12.5 Å². The molecule has 7 nitrogen and oxygen atoms in total. The van der Waals surface area contributed by atoms with Crippen molar-refractivity contribution in [1.29, 1.82) is 0 Å². The van der Waals surface area contributed by atoms with Crippen molar-refractivity contribution in [3.8, 4) is 17.2 Å². The van der Waals surface area contributed by atoms with Gasteiger partial charge in [-0.25, -0.2) is 0 Å².